The average molecular weight is 451 g/mol. The molecule has 0 radical (unpaired) electrons. The summed E-state index contributed by atoms with van der Waals surface area (Å²) in [6, 6.07) is 10.3. The number of hydrogen-bond donors (Lipinski definition) is 1. The fraction of sp³-hybridized carbons (Fsp3) is 0.440. The molecule has 3 aliphatic heterocycles. The molecule has 0 bridgehead atoms. The zero-order valence-electron chi connectivity index (χ0n) is 18.5. The summed E-state index contributed by atoms with van der Waals surface area (Å²) in [5, 5.41) is 19.9. The number of ether oxygens (including phenoxy) is 2. The van der Waals surface area contributed by atoms with E-state index in [-0.39, 0.29) is 30.3 Å². The number of hydrogen-bond acceptors (Lipinski definition) is 7. The third-order valence-electron chi connectivity index (χ3n) is 7.06. The van der Waals surface area contributed by atoms with Crippen molar-refractivity contribution in [2.75, 3.05) is 39.3 Å². The highest BCUT2D eigenvalue weighted by Crippen LogP contribution is 2.31. The van der Waals surface area contributed by atoms with E-state index >= 15 is 0 Å². The van der Waals surface area contributed by atoms with Gasteiger partial charge >= 0.3 is 5.97 Å². The first-order valence-corrected chi connectivity index (χ1v) is 11.2. The van der Waals surface area contributed by atoms with Crippen LogP contribution in [0.2, 0.25) is 0 Å². The van der Waals surface area contributed by atoms with Crippen LogP contribution in [0.3, 0.4) is 0 Å². The lowest BCUT2D eigenvalue weighted by Crippen LogP contribution is -2.58. The number of carbonyl (C=O) groups is 1. The Morgan fingerprint density at radius 1 is 1.27 bits per heavy atom. The van der Waals surface area contributed by atoms with Gasteiger partial charge in [0.1, 0.15) is 18.5 Å². The maximum absolute atomic E-state index is 14.0. The molecule has 2 aromatic rings. The highest BCUT2D eigenvalue weighted by atomic mass is 19.1. The summed E-state index contributed by atoms with van der Waals surface area (Å²) >= 11 is 0. The number of β-amino-alcohol motifs (C(OH)–C–C–N with tert-alkyl or cyclic N) is 1. The average Bonchev–Trinajstić information content (AvgIpc) is 3.20. The predicted molar refractivity (Wildman–Crippen MR) is 117 cm³/mol. The summed E-state index contributed by atoms with van der Waals surface area (Å²) in [6.07, 6.45) is -0.879. The van der Waals surface area contributed by atoms with Gasteiger partial charge in [0.05, 0.1) is 29.9 Å². The minimum absolute atomic E-state index is 0.0392. The van der Waals surface area contributed by atoms with Crippen LogP contribution in [0.4, 0.5) is 4.39 Å². The zero-order chi connectivity index (χ0) is 23.1. The molecule has 2 saturated heterocycles. The molecular weight excluding hydrogens is 425 g/mol. The molecule has 0 saturated carbocycles. The predicted octanol–water partition coefficient (Wildman–Crippen LogP) is 2.47. The number of carbonyl (C=O) groups excluding carboxylic acids is 1. The lowest BCUT2D eigenvalue weighted by molar-refractivity contribution is -0.0938. The molecule has 3 aliphatic rings. The number of nitrogens with zero attached hydrogens (tertiary/aromatic N) is 3. The minimum atomic E-state index is -0.656. The van der Waals surface area contributed by atoms with E-state index in [9.17, 15) is 14.3 Å². The number of nitriles is 1. The van der Waals surface area contributed by atoms with E-state index in [2.05, 4.69) is 9.80 Å². The third-order valence-corrected chi connectivity index (χ3v) is 7.06. The molecule has 33 heavy (non-hydrogen) atoms. The molecule has 7 nitrogen and oxygen atoms in total. The van der Waals surface area contributed by atoms with Crippen LogP contribution in [0, 0.1) is 24.1 Å². The van der Waals surface area contributed by atoms with E-state index in [0.717, 1.165) is 41.9 Å². The number of morpholine rings is 1. The van der Waals surface area contributed by atoms with Crippen molar-refractivity contribution >= 4 is 5.97 Å². The molecule has 2 fully saturated rings. The zero-order valence-corrected chi connectivity index (χ0v) is 18.5. The van der Waals surface area contributed by atoms with Crippen molar-refractivity contribution in [3.05, 3.63) is 69.5 Å². The Morgan fingerprint density at radius 3 is 2.91 bits per heavy atom. The van der Waals surface area contributed by atoms with Gasteiger partial charge in [0.25, 0.3) is 0 Å². The van der Waals surface area contributed by atoms with E-state index in [1.54, 1.807) is 12.1 Å². The minimum Gasteiger partial charge on any atom is -0.457 e. The van der Waals surface area contributed by atoms with Gasteiger partial charge in [-0.2, -0.15) is 5.26 Å². The number of aliphatic hydroxyl groups excluding tert-OH is 1. The Hall–Kier alpha value is -2.83. The molecule has 8 heteroatoms. The summed E-state index contributed by atoms with van der Waals surface area (Å²) < 4.78 is 25.2. The van der Waals surface area contributed by atoms with Gasteiger partial charge in [0.15, 0.2) is 0 Å². The highest BCUT2D eigenvalue weighted by Gasteiger charge is 2.35. The lowest BCUT2D eigenvalue weighted by Gasteiger charge is -2.46. The molecule has 0 amide bonds. The molecule has 0 aromatic heterocycles. The normalized spacial score (nSPS) is 24.0. The van der Waals surface area contributed by atoms with Crippen molar-refractivity contribution in [3.63, 3.8) is 0 Å². The van der Waals surface area contributed by atoms with Gasteiger partial charge in [0.2, 0.25) is 0 Å². The van der Waals surface area contributed by atoms with Crippen LogP contribution < -0.4 is 0 Å². The van der Waals surface area contributed by atoms with Crippen LogP contribution in [0.1, 0.15) is 50.4 Å². The highest BCUT2D eigenvalue weighted by molar-refractivity contribution is 5.93. The van der Waals surface area contributed by atoms with E-state index in [1.807, 2.05) is 19.1 Å². The number of fused-ring (bicyclic) bond motifs is 2. The summed E-state index contributed by atoms with van der Waals surface area (Å²) in [6.45, 7) is 6.32. The molecule has 5 rings (SSSR count). The number of esters is 1. The Labute approximate surface area is 191 Å². The molecule has 0 aliphatic carbocycles. The number of halogens is 1. The van der Waals surface area contributed by atoms with Crippen LogP contribution >= 0.6 is 0 Å². The summed E-state index contributed by atoms with van der Waals surface area (Å²) in [5.41, 5.74) is 4.00. The first kappa shape index (κ1) is 22.0. The maximum Gasteiger partial charge on any atom is 0.338 e. The Kier molecular flexibility index (Phi) is 5.89. The van der Waals surface area contributed by atoms with E-state index in [0.29, 0.717) is 25.3 Å². The lowest BCUT2D eigenvalue weighted by atomic mass is 9.95. The molecule has 1 N–H and O–H groups in total. The number of benzene rings is 2. The molecule has 172 valence electrons. The molecule has 3 atom stereocenters. The second-order valence-electron chi connectivity index (χ2n) is 8.98. The van der Waals surface area contributed by atoms with Gasteiger partial charge in [-0.05, 0) is 41.8 Å². The van der Waals surface area contributed by atoms with Crippen LogP contribution in [0.5, 0.6) is 0 Å². The van der Waals surface area contributed by atoms with Gasteiger partial charge in [-0.15, -0.1) is 0 Å². The van der Waals surface area contributed by atoms with Crippen molar-refractivity contribution in [2.45, 2.75) is 31.8 Å². The first-order chi connectivity index (χ1) is 15.9. The molecule has 0 unspecified atom stereocenters. The Balaban J connectivity index is 1.20. The van der Waals surface area contributed by atoms with E-state index in [4.69, 9.17) is 14.7 Å². The van der Waals surface area contributed by atoms with Gasteiger partial charge < -0.3 is 14.6 Å². The quantitative estimate of drug-likeness (QED) is 0.715. The third kappa shape index (κ3) is 4.13. The molecule has 0 spiro atoms. The van der Waals surface area contributed by atoms with Gasteiger partial charge in [-0.25, -0.2) is 9.18 Å². The summed E-state index contributed by atoms with van der Waals surface area (Å²) in [7, 11) is 0. The monoisotopic (exact) mass is 451 g/mol. The topological polar surface area (TPSA) is 86.0 Å². The van der Waals surface area contributed by atoms with Crippen molar-refractivity contribution in [2.24, 2.45) is 0 Å². The van der Waals surface area contributed by atoms with Crippen LogP contribution in [-0.4, -0.2) is 66.2 Å². The van der Waals surface area contributed by atoms with Gasteiger partial charge in [-0.3, -0.25) is 9.80 Å². The Bertz CT molecular complexity index is 1130. The van der Waals surface area contributed by atoms with Crippen molar-refractivity contribution in [3.8, 4) is 6.07 Å². The number of rotatable bonds is 4. The van der Waals surface area contributed by atoms with Crippen LogP contribution in [-0.2, 0) is 16.1 Å². The fourth-order valence-corrected chi connectivity index (χ4v) is 5.11. The number of aliphatic hydroxyl groups is 1. The largest absolute Gasteiger partial charge is 0.457 e. The first-order valence-electron chi connectivity index (χ1n) is 11.2. The maximum atomic E-state index is 14.0. The SMILES string of the molecule is Cc1c([C@H](O)CN2CCN3C[C@@H](c4ccc(C#N)c(F)c4)OC[C@H]3C2)ccc2c1COC2=O. The molecule has 2 aromatic carbocycles. The summed E-state index contributed by atoms with van der Waals surface area (Å²) in [5.74, 6) is -0.818. The molecular formula is C25H26FN3O4. The molecule has 3 heterocycles. The van der Waals surface area contributed by atoms with Crippen molar-refractivity contribution < 1.29 is 23.8 Å². The second-order valence-corrected chi connectivity index (χ2v) is 8.98. The van der Waals surface area contributed by atoms with Crippen molar-refractivity contribution in [1.29, 1.82) is 5.26 Å². The van der Waals surface area contributed by atoms with Crippen LogP contribution in [0.15, 0.2) is 30.3 Å². The number of cyclic esters (lactones) is 1. The Morgan fingerprint density at radius 2 is 2.12 bits per heavy atom. The van der Waals surface area contributed by atoms with Gasteiger partial charge in [0, 0.05) is 44.3 Å². The van der Waals surface area contributed by atoms with Crippen LogP contribution in [0.25, 0.3) is 0 Å². The van der Waals surface area contributed by atoms with E-state index in [1.165, 1.54) is 12.1 Å². The van der Waals surface area contributed by atoms with E-state index < -0.39 is 11.9 Å². The summed E-state index contributed by atoms with van der Waals surface area (Å²) in [4.78, 5) is 16.4. The fourth-order valence-electron chi connectivity index (χ4n) is 5.11. The smallest absolute Gasteiger partial charge is 0.338 e. The number of piperazine rings is 1. The van der Waals surface area contributed by atoms with Gasteiger partial charge in [-0.1, -0.05) is 12.1 Å². The second kappa shape index (κ2) is 8.84. The van der Waals surface area contributed by atoms with Crippen molar-refractivity contribution in [1.82, 2.24) is 9.80 Å². The standard InChI is InChI=1S/C25H26FN3O4/c1-15-19(4-5-20-21(15)14-33-25(20)31)23(30)11-28-6-7-29-12-24(32-13-18(29)10-28)16-2-3-17(9-27)22(26)8-16/h2-5,8,18,23-24,30H,6-7,10-14H2,1H3/t18-,23-,24+/m1/s1.